The van der Waals surface area contributed by atoms with Crippen LogP contribution in [0.3, 0.4) is 0 Å². The molecule has 8 heteroatoms. The summed E-state index contributed by atoms with van der Waals surface area (Å²) in [6, 6.07) is 11.8. The number of esters is 1. The van der Waals surface area contributed by atoms with Gasteiger partial charge in [-0.25, -0.2) is 8.42 Å². The fourth-order valence-electron chi connectivity index (χ4n) is 3.35. The molecular weight excluding hydrogens is 402 g/mol. The van der Waals surface area contributed by atoms with E-state index in [0.29, 0.717) is 0 Å². The van der Waals surface area contributed by atoms with Gasteiger partial charge in [0.2, 0.25) is 15.3 Å². The predicted octanol–water partition coefficient (Wildman–Crippen LogP) is 3.82. The molecule has 2 aromatic rings. The van der Waals surface area contributed by atoms with E-state index in [1.54, 1.807) is 0 Å². The number of hydrogen-bond acceptors (Lipinski definition) is 5. The average Bonchev–Trinajstić information content (AvgIpc) is 2.95. The van der Waals surface area contributed by atoms with Crippen molar-refractivity contribution in [3.63, 3.8) is 0 Å². The van der Waals surface area contributed by atoms with Crippen molar-refractivity contribution >= 4 is 21.6 Å². The lowest BCUT2D eigenvalue weighted by Gasteiger charge is -2.35. The molecular formula is C21H20F2O5S. The van der Waals surface area contributed by atoms with E-state index < -0.39 is 49.2 Å². The standard InChI is InChI=1S/C21H20F2O5S/c1-19(2,3)28-18(25)20(13-14-9-7-8-12-16(14)17(20)24)21(22,23)29(26,27)15-10-5-4-6-11-15/h4-12H,13H2,1-3H3. The van der Waals surface area contributed by atoms with Crippen molar-refractivity contribution in [2.75, 3.05) is 0 Å². The molecule has 3 rings (SSSR count). The molecule has 0 aliphatic heterocycles. The van der Waals surface area contributed by atoms with E-state index in [4.69, 9.17) is 4.74 Å². The summed E-state index contributed by atoms with van der Waals surface area (Å²) in [6.45, 7) is 4.36. The predicted molar refractivity (Wildman–Crippen MR) is 101 cm³/mol. The van der Waals surface area contributed by atoms with Crippen LogP contribution in [-0.4, -0.2) is 31.0 Å². The Labute approximate surface area is 167 Å². The first-order valence-electron chi connectivity index (χ1n) is 8.88. The van der Waals surface area contributed by atoms with Crippen LogP contribution >= 0.6 is 0 Å². The summed E-state index contributed by atoms with van der Waals surface area (Å²) >= 11 is 0. The molecule has 0 aromatic heterocycles. The normalized spacial score (nSPS) is 19.7. The number of carbonyl (C=O) groups excluding carboxylic acids is 2. The molecule has 0 saturated heterocycles. The van der Waals surface area contributed by atoms with Crippen molar-refractivity contribution in [1.29, 1.82) is 0 Å². The number of benzene rings is 2. The number of halogens is 2. The van der Waals surface area contributed by atoms with Gasteiger partial charge in [0.15, 0.2) is 5.78 Å². The Morgan fingerprint density at radius 3 is 2.10 bits per heavy atom. The minimum absolute atomic E-state index is 0.110. The number of hydrogen-bond donors (Lipinski definition) is 0. The van der Waals surface area contributed by atoms with Gasteiger partial charge >= 0.3 is 11.2 Å². The minimum atomic E-state index is -5.39. The van der Waals surface area contributed by atoms with E-state index in [-0.39, 0.29) is 11.1 Å². The molecule has 1 atom stereocenters. The van der Waals surface area contributed by atoms with E-state index in [0.717, 1.165) is 12.1 Å². The average molecular weight is 422 g/mol. The van der Waals surface area contributed by atoms with Gasteiger partial charge in [-0.15, -0.1) is 0 Å². The number of carbonyl (C=O) groups is 2. The van der Waals surface area contributed by atoms with Crippen molar-refractivity contribution < 1.29 is 31.5 Å². The lowest BCUT2D eigenvalue weighted by atomic mass is 9.83. The number of alkyl halides is 2. The highest BCUT2D eigenvalue weighted by Crippen LogP contribution is 2.53. The van der Waals surface area contributed by atoms with Crippen LogP contribution in [0.1, 0.15) is 36.7 Å². The van der Waals surface area contributed by atoms with Crippen molar-refractivity contribution in [3.8, 4) is 0 Å². The highest BCUT2D eigenvalue weighted by Gasteiger charge is 2.74. The van der Waals surface area contributed by atoms with E-state index >= 15 is 8.78 Å². The van der Waals surface area contributed by atoms with Gasteiger partial charge < -0.3 is 4.74 Å². The van der Waals surface area contributed by atoms with Crippen LogP contribution < -0.4 is 0 Å². The zero-order valence-electron chi connectivity index (χ0n) is 16.1. The first-order valence-corrected chi connectivity index (χ1v) is 10.4. The minimum Gasteiger partial charge on any atom is -0.459 e. The summed E-state index contributed by atoms with van der Waals surface area (Å²) in [5, 5.41) is -4.74. The van der Waals surface area contributed by atoms with Crippen LogP contribution in [0.2, 0.25) is 0 Å². The SMILES string of the molecule is CC(C)(C)OC(=O)C1(C(F)(F)S(=O)(=O)c2ccccc2)Cc2ccccc2C1=O. The number of ether oxygens (including phenoxy) is 1. The van der Waals surface area contributed by atoms with Crippen LogP contribution in [-0.2, 0) is 25.8 Å². The van der Waals surface area contributed by atoms with Gasteiger partial charge in [-0.2, -0.15) is 8.78 Å². The number of sulfone groups is 1. The molecule has 0 saturated carbocycles. The first-order chi connectivity index (χ1) is 13.3. The van der Waals surface area contributed by atoms with Gasteiger partial charge in [0.1, 0.15) is 5.60 Å². The molecule has 29 heavy (non-hydrogen) atoms. The Balaban J connectivity index is 2.25. The third kappa shape index (κ3) is 3.15. The Hall–Kier alpha value is -2.61. The molecule has 0 amide bonds. The molecule has 5 nitrogen and oxygen atoms in total. The lowest BCUT2D eigenvalue weighted by molar-refractivity contribution is -0.175. The summed E-state index contributed by atoms with van der Waals surface area (Å²) in [4.78, 5) is 25.4. The number of ketones is 1. The highest BCUT2D eigenvalue weighted by atomic mass is 32.2. The molecule has 0 bridgehead atoms. The molecule has 0 radical (unpaired) electrons. The quantitative estimate of drug-likeness (QED) is 0.553. The van der Waals surface area contributed by atoms with Crippen molar-refractivity contribution in [3.05, 3.63) is 65.7 Å². The zero-order chi connectivity index (χ0) is 21.7. The van der Waals surface area contributed by atoms with Crippen LogP contribution in [0.15, 0.2) is 59.5 Å². The summed E-state index contributed by atoms with van der Waals surface area (Å²) in [6.07, 6.45) is -0.768. The topological polar surface area (TPSA) is 77.5 Å². The van der Waals surface area contributed by atoms with Crippen LogP contribution in [0.25, 0.3) is 0 Å². The maximum atomic E-state index is 15.8. The smallest absolute Gasteiger partial charge is 0.373 e. The fraction of sp³-hybridized carbons (Fsp3) is 0.333. The van der Waals surface area contributed by atoms with Gasteiger partial charge in [0, 0.05) is 12.0 Å². The van der Waals surface area contributed by atoms with Gasteiger partial charge in [0.25, 0.3) is 0 Å². The molecule has 2 aromatic carbocycles. The third-order valence-corrected chi connectivity index (χ3v) is 6.66. The Bertz CT molecular complexity index is 1070. The number of rotatable bonds is 4. The van der Waals surface area contributed by atoms with Gasteiger partial charge in [-0.3, -0.25) is 9.59 Å². The van der Waals surface area contributed by atoms with Gasteiger partial charge in [-0.1, -0.05) is 42.5 Å². The lowest BCUT2D eigenvalue weighted by Crippen LogP contribution is -2.57. The summed E-state index contributed by atoms with van der Waals surface area (Å²) in [5.74, 6) is -2.82. The Kier molecular flexibility index (Phi) is 4.89. The summed E-state index contributed by atoms with van der Waals surface area (Å²) < 4.78 is 62.5. The molecule has 1 aliphatic carbocycles. The Morgan fingerprint density at radius 2 is 1.55 bits per heavy atom. The van der Waals surface area contributed by atoms with Gasteiger partial charge in [-0.05, 0) is 38.5 Å². The molecule has 0 heterocycles. The molecule has 0 fully saturated rings. The molecule has 1 unspecified atom stereocenters. The first kappa shape index (κ1) is 21.1. The number of Topliss-reactive ketones (excluding diaryl/α,β-unsaturated/α-hetero) is 1. The van der Waals surface area contributed by atoms with Crippen molar-refractivity contribution in [2.45, 2.75) is 42.9 Å². The van der Waals surface area contributed by atoms with E-state index in [9.17, 15) is 18.0 Å². The summed E-state index contributed by atoms with van der Waals surface area (Å²) in [7, 11) is -5.39. The van der Waals surface area contributed by atoms with Crippen LogP contribution in [0.4, 0.5) is 8.78 Å². The van der Waals surface area contributed by atoms with E-state index in [1.807, 2.05) is 0 Å². The third-order valence-electron chi connectivity index (χ3n) is 4.74. The summed E-state index contributed by atoms with van der Waals surface area (Å²) in [5.41, 5.74) is -4.35. The van der Waals surface area contributed by atoms with Crippen molar-refractivity contribution in [2.24, 2.45) is 5.41 Å². The van der Waals surface area contributed by atoms with E-state index in [1.165, 1.54) is 63.2 Å². The molecule has 0 N–H and O–H groups in total. The zero-order valence-corrected chi connectivity index (χ0v) is 16.9. The molecule has 154 valence electrons. The van der Waals surface area contributed by atoms with Crippen LogP contribution in [0.5, 0.6) is 0 Å². The molecule has 1 aliphatic rings. The Morgan fingerprint density at radius 1 is 1.00 bits per heavy atom. The second-order valence-corrected chi connectivity index (χ2v) is 9.89. The second-order valence-electron chi connectivity index (χ2n) is 7.90. The van der Waals surface area contributed by atoms with Crippen LogP contribution in [0, 0.1) is 5.41 Å². The molecule has 0 spiro atoms. The van der Waals surface area contributed by atoms with E-state index in [2.05, 4.69) is 0 Å². The fourth-order valence-corrected chi connectivity index (χ4v) is 4.87. The maximum absolute atomic E-state index is 15.8. The largest absolute Gasteiger partial charge is 0.459 e. The number of fused-ring (bicyclic) bond motifs is 1. The highest BCUT2D eigenvalue weighted by molar-refractivity contribution is 7.92. The van der Waals surface area contributed by atoms with Crippen molar-refractivity contribution in [1.82, 2.24) is 0 Å². The van der Waals surface area contributed by atoms with Gasteiger partial charge in [0.05, 0.1) is 4.90 Å². The monoisotopic (exact) mass is 422 g/mol. The maximum Gasteiger partial charge on any atom is 0.373 e. The second kappa shape index (κ2) is 6.73.